The van der Waals surface area contributed by atoms with E-state index in [0.29, 0.717) is 24.5 Å². The van der Waals surface area contributed by atoms with Gasteiger partial charge in [-0.25, -0.2) is 0 Å². The number of H-pyrrole nitrogens is 1. The fraction of sp³-hybridized carbons (Fsp3) is 0.571. The van der Waals surface area contributed by atoms with Crippen LogP contribution in [0.25, 0.3) is 0 Å². The van der Waals surface area contributed by atoms with E-state index in [0.717, 1.165) is 25.9 Å². The highest BCUT2D eigenvalue weighted by atomic mass is 16.5. The number of hydrogen-bond acceptors (Lipinski definition) is 3. The first-order valence-corrected chi connectivity index (χ1v) is 6.71. The molecule has 1 heterocycles. The van der Waals surface area contributed by atoms with Crippen LogP contribution in [0.4, 0.5) is 0 Å². The number of Topliss-reactive ketones (excluding diaryl/α,β-unsaturated/α-hetero) is 1. The maximum Gasteiger partial charge on any atom is 0.267 e. The molecule has 0 aliphatic heterocycles. The van der Waals surface area contributed by atoms with E-state index in [1.165, 1.54) is 6.92 Å². The van der Waals surface area contributed by atoms with E-state index < -0.39 is 0 Å². The van der Waals surface area contributed by atoms with Gasteiger partial charge in [-0.2, -0.15) is 0 Å². The molecule has 5 heteroatoms. The summed E-state index contributed by atoms with van der Waals surface area (Å²) in [6.07, 6.45) is 2.99. The summed E-state index contributed by atoms with van der Waals surface area (Å²) in [5, 5.41) is 2.78. The summed E-state index contributed by atoms with van der Waals surface area (Å²) >= 11 is 0. The smallest absolute Gasteiger partial charge is 0.267 e. The molecule has 0 atom stereocenters. The second-order valence-corrected chi connectivity index (χ2v) is 4.42. The zero-order chi connectivity index (χ0) is 14.1. The van der Waals surface area contributed by atoms with E-state index in [1.807, 2.05) is 0 Å². The van der Waals surface area contributed by atoms with Gasteiger partial charge in [-0.3, -0.25) is 9.59 Å². The number of ketones is 1. The van der Waals surface area contributed by atoms with Crippen molar-refractivity contribution in [3.05, 3.63) is 23.5 Å². The minimum atomic E-state index is -0.193. The molecule has 0 aromatic carbocycles. The minimum absolute atomic E-state index is 0.0802. The van der Waals surface area contributed by atoms with Crippen LogP contribution in [-0.2, 0) is 4.74 Å². The van der Waals surface area contributed by atoms with Crippen molar-refractivity contribution in [1.82, 2.24) is 10.3 Å². The van der Waals surface area contributed by atoms with Gasteiger partial charge in [0.05, 0.1) is 5.69 Å². The molecule has 0 aliphatic rings. The van der Waals surface area contributed by atoms with Gasteiger partial charge in [0.25, 0.3) is 5.91 Å². The number of rotatable bonds is 9. The maximum absolute atomic E-state index is 11.7. The van der Waals surface area contributed by atoms with Crippen molar-refractivity contribution in [3.63, 3.8) is 0 Å². The van der Waals surface area contributed by atoms with Crippen LogP contribution in [0.2, 0.25) is 0 Å². The SMILES string of the molecule is CCCCOCCCNC(=O)c1ccc(C(C)=O)[nH]1. The lowest BCUT2D eigenvalue weighted by Gasteiger charge is -2.05. The molecule has 0 unspecified atom stereocenters. The van der Waals surface area contributed by atoms with Gasteiger partial charge in [0.2, 0.25) is 0 Å². The molecule has 0 bridgehead atoms. The lowest BCUT2D eigenvalue weighted by Crippen LogP contribution is -2.25. The Morgan fingerprint density at radius 2 is 1.89 bits per heavy atom. The third kappa shape index (κ3) is 5.70. The van der Waals surface area contributed by atoms with Crippen molar-refractivity contribution >= 4 is 11.7 Å². The van der Waals surface area contributed by atoms with Crippen LogP contribution in [0.5, 0.6) is 0 Å². The number of carbonyl (C=O) groups excluding carboxylic acids is 2. The van der Waals surface area contributed by atoms with Crippen LogP contribution in [0.3, 0.4) is 0 Å². The predicted octanol–water partition coefficient (Wildman–Crippen LogP) is 2.15. The molecule has 0 saturated heterocycles. The molecule has 19 heavy (non-hydrogen) atoms. The average molecular weight is 266 g/mol. The molecule has 5 nitrogen and oxygen atoms in total. The highest BCUT2D eigenvalue weighted by Gasteiger charge is 2.09. The zero-order valence-corrected chi connectivity index (χ0v) is 11.6. The number of hydrogen-bond donors (Lipinski definition) is 2. The van der Waals surface area contributed by atoms with Gasteiger partial charge in [0.1, 0.15) is 5.69 Å². The van der Waals surface area contributed by atoms with Crippen LogP contribution >= 0.6 is 0 Å². The molecular weight excluding hydrogens is 244 g/mol. The molecule has 1 amide bonds. The molecule has 0 fully saturated rings. The lowest BCUT2D eigenvalue weighted by molar-refractivity contribution is 0.0936. The second-order valence-electron chi connectivity index (χ2n) is 4.42. The number of aromatic nitrogens is 1. The topological polar surface area (TPSA) is 71.2 Å². The van der Waals surface area contributed by atoms with Crippen LogP contribution in [-0.4, -0.2) is 36.4 Å². The molecule has 0 radical (unpaired) electrons. The summed E-state index contributed by atoms with van der Waals surface area (Å²) in [5.74, 6) is -0.274. The second kappa shape index (κ2) is 8.48. The van der Waals surface area contributed by atoms with E-state index in [2.05, 4.69) is 17.2 Å². The first kappa shape index (κ1) is 15.4. The van der Waals surface area contributed by atoms with Gasteiger partial charge in [-0.15, -0.1) is 0 Å². The first-order chi connectivity index (χ1) is 9.15. The zero-order valence-electron chi connectivity index (χ0n) is 11.6. The van der Waals surface area contributed by atoms with Gasteiger partial charge in [-0.05, 0) is 25.0 Å². The molecule has 1 rings (SSSR count). The number of ether oxygens (including phenoxy) is 1. The number of nitrogens with one attached hydrogen (secondary N) is 2. The van der Waals surface area contributed by atoms with Gasteiger partial charge >= 0.3 is 0 Å². The highest BCUT2D eigenvalue weighted by Crippen LogP contribution is 2.02. The summed E-state index contributed by atoms with van der Waals surface area (Å²) in [5.41, 5.74) is 0.866. The Balaban J connectivity index is 2.18. The van der Waals surface area contributed by atoms with Crippen molar-refractivity contribution in [2.75, 3.05) is 19.8 Å². The van der Waals surface area contributed by atoms with Crippen LogP contribution in [0, 0.1) is 0 Å². The van der Waals surface area contributed by atoms with E-state index >= 15 is 0 Å². The fourth-order valence-corrected chi connectivity index (χ4v) is 1.55. The molecule has 0 aliphatic carbocycles. The normalized spacial score (nSPS) is 10.4. The number of aromatic amines is 1. The molecule has 2 N–H and O–H groups in total. The summed E-state index contributed by atoms with van der Waals surface area (Å²) < 4.78 is 5.39. The Morgan fingerprint density at radius 3 is 2.53 bits per heavy atom. The van der Waals surface area contributed by atoms with Crippen molar-refractivity contribution in [1.29, 1.82) is 0 Å². The molecular formula is C14H22N2O3. The van der Waals surface area contributed by atoms with Crippen LogP contribution in [0.1, 0.15) is 54.1 Å². The monoisotopic (exact) mass is 266 g/mol. The van der Waals surface area contributed by atoms with Crippen LogP contribution in [0.15, 0.2) is 12.1 Å². The molecule has 1 aromatic heterocycles. The fourth-order valence-electron chi connectivity index (χ4n) is 1.55. The van der Waals surface area contributed by atoms with Crippen molar-refractivity contribution < 1.29 is 14.3 Å². The summed E-state index contributed by atoms with van der Waals surface area (Å²) in [4.78, 5) is 25.6. The largest absolute Gasteiger partial charge is 0.381 e. The highest BCUT2D eigenvalue weighted by molar-refractivity contribution is 5.97. The number of unbranched alkanes of at least 4 members (excludes halogenated alkanes) is 1. The van der Waals surface area contributed by atoms with Crippen molar-refractivity contribution in [2.24, 2.45) is 0 Å². The quantitative estimate of drug-likeness (QED) is 0.531. The Morgan fingerprint density at radius 1 is 1.21 bits per heavy atom. The lowest BCUT2D eigenvalue weighted by atomic mass is 10.3. The average Bonchev–Trinajstić information content (AvgIpc) is 2.87. The third-order valence-electron chi connectivity index (χ3n) is 2.70. The van der Waals surface area contributed by atoms with Gasteiger partial charge in [0.15, 0.2) is 5.78 Å². The van der Waals surface area contributed by atoms with Gasteiger partial charge in [0, 0.05) is 26.7 Å². The van der Waals surface area contributed by atoms with Gasteiger partial charge in [-0.1, -0.05) is 13.3 Å². The Hall–Kier alpha value is -1.62. The van der Waals surface area contributed by atoms with E-state index in [9.17, 15) is 9.59 Å². The Labute approximate surface area is 113 Å². The van der Waals surface area contributed by atoms with E-state index in [-0.39, 0.29) is 11.7 Å². The first-order valence-electron chi connectivity index (χ1n) is 6.71. The predicted molar refractivity (Wildman–Crippen MR) is 73.5 cm³/mol. The molecule has 106 valence electrons. The number of carbonyl (C=O) groups is 2. The molecule has 0 spiro atoms. The summed E-state index contributed by atoms with van der Waals surface area (Å²) in [6, 6.07) is 3.23. The van der Waals surface area contributed by atoms with E-state index in [4.69, 9.17) is 4.74 Å². The molecule has 1 aromatic rings. The van der Waals surface area contributed by atoms with E-state index in [1.54, 1.807) is 12.1 Å². The summed E-state index contributed by atoms with van der Waals surface area (Å²) in [7, 11) is 0. The van der Waals surface area contributed by atoms with Gasteiger partial charge < -0.3 is 15.0 Å². The number of amides is 1. The maximum atomic E-state index is 11.7. The Kier molecular flexibility index (Phi) is 6.89. The summed E-state index contributed by atoms with van der Waals surface area (Å²) in [6.45, 7) is 5.59. The van der Waals surface area contributed by atoms with Crippen LogP contribution < -0.4 is 5.32 Å². The van der Waals surface area contributed by atoms with Crippen molar-refractivity contribution in [3.8, 4) is 0 Å². The Bertz CT molecular complexity index is 413. The van der Waals surface area contributed by atoms with Crippen molar-refractivity contribution in [2.45, 2.75) is 33.1 Å². The third-order valence-corrected chi connectivity index (χ3v) is 2.70. The molecule has 0 saturated carbocycles. The standard InChI is InChI=1S/C14H22N2O3/c1-3-4-9-19-10-5-8-15-14(18)13-7-6-12(16-13)11(2)17/h6-7,16H,3-5,8-10H2,1-2H3,(H,15,18). The minimum Gasteiger partial charge on any atom is -0.381 e.